The fourth-order valence-electron chi connectivity index (χ4n) is 1.53. The molecule has 1 rings (SSSR count). The predicted molar refractivity (Wildman–Crippen MR) is 62.3 cm³/mol. The second-order valence-corrected chi connectivity index (χ2v) is 4.88. The van der Waals surface area contributed by atoms with Crippen molar-refractivity contribution >= 4 is 0 Å². The number of benzene rings is 1. The fourth-order valence-corrected chi connectivity index (χ4v) is 1.53. The summed E-state index contributed by atoms with van der Waals surface area (Å²) in [5.41, 5.74) is 2.15. The van der Waals surface area contributed by atoms with Crippen molar-refractivity contribution in [2.24, 2.45) is 0 Å². The van der Waals surface area contributed by atoms with Crippen molar-refractivity contribution in [3.05, 3.63) is 29.3 Å². The van der Waals surface area contributed by atoms with E-state index in [0.29, 0.717) is 0 Å². The largest absolute Gasteiger partial charge is 0.496 e. The number of aliphatic hydroxyl groups is 1. The Labute approximate surface area is 91.9 Å². The molecule has 0 aliphatic carbocycles. The van der Waals surface area contributed by atoms with Gasteiger partial charge in [0.2, 0.25) is 0 Å². The van der Waals surface area contributed by atoms with Crippen LogP contribution < -0.4 is 4.74 Å². The van der Waals surface area contributed by atoms with Crippen molar-refractivity contribution < 1.29 is 9.84 Å². The van der Waals surface area contributed by atoms with Crippen LogP contribution in [0.2, 0.25) is 0 Å². The molecule has 84 valence electrons. The summed E-state index contributed by atoms with van der Waals surface area (Å²) < 4.78 is 5.21. The number of hydrogen-bond acceptors (Lipinski definition) is 2. The maximum absolute atomic E-state index is 9.65. The Morgan fingerprint density at radius 2 is 1.87 bits per heavy atom. The van der Waals surface area contributed by atoms with Gasteiger partial charge in [-0.05, 0) is 30.0 Å². The minimum Gasteiger partial charge on any atom is -0.496 e. The molecule has 0 aromatic heterocycles. The maximum atomic E-state index is 9.65. The van der Waals surface area contributed by atoms with Crippen molar-refractivity contribution in [2.45, 2.75) is 39.2 Å². The summed E-state index contributed by atoms with van der Waals surface area (Å²) in [6.45, 7) is 8.21. The molecule has 2 nitrogen and oxygen atoms in total. The van der Waals surface area contributed by atoms with Gasteiger partial charge in [-0.2, -0.15) is 0 Å². The number of ether oxygens (including phenoxy) is 1. The summed E-state index contributed by atoms with van der Waals surface area (Å²) in [6.07, 6.45) is -0.498. The molecule has 1 atom stereocenters. The number of methoxy groups -OCH3 is 1. The Hall–Kier alpha value is -1.02. The predicted octanol–water partition coefficient (Wildman–Crippen LogP) is 3.05. The summed E-state index contributed by atoms with van der Waals surface area (Å²) in [7, 11) is 1.62. The zero-order valence-corrected chi connectivity index (χ0v) is 10.2. The Balaban J connectivity index is 3.22. The monoisotopic (exact) mass is 208 g/mol. The summed E-state index contributed by atoms with van der Waals surface area (Å²) in [5.74, 6) is 0.748. The zero-order chi connectivity index (χ0) is 11.6. The van der Waals surface area contributed by atoms with E-state index in [2.05, 4.69) is 20.8 Å². The van der Waals surface area contributed by atoms with Crippen LogP contribution in [0.15, 0.2) is 18.2 Å². The van der Waals surface area contributed by atoms with Crippen LogP contribution >= 0.6 is 0 Å². The molecule has 1 N–H and O–H groups in total. The first-order chi connectivity index (χ1) is 6.86. The molecule has 15 heavy (non-hydrogen) atoms. The molecule has 0 unspecified atom stereocenters. The third kappa shape index (κ3) is 2.72. The summed E-state index contributed by atoms with van der Waals surface area (Å²) >= 11 is 0. The van der Waals surface area contributed by atoms with Gasteiger partial charge in [-0.3, -0.25) is 0 Å². The van der Waals surface area contributed by atoms with Gasteiger partial charge in [-0.25, -0.2) is 0 Å². The number of hydrogen-bond donors (Lipinski definition) is 1. The van der Waals surface area contributed by atoms with E-state index in [9.17, 15) is 5.11 Å². The molecule has 2 heteroatoms. The number of rotatable bonds is 2. The van der Waals surface area contributed by atoms with Gasteiger partial charge >= 0.3 is 0 Å². The highest BCUT2D eigenvalue weighted by Crippen LogP contribution is 2.31. The van der Waals surface area contributed by atoms with Gasteiger partial charge < -0.3 is 9.84 Å². The van der Waals surface area contributed by atoms with E-state index in [1.165, 1.54) is 5.56 Å². The molecule has 0 amide bonds. The van der Waals surface area contributed by atoms with E-state index < -0.39 is 6.10 Å². The normalized spacial score (nSPS) is 13.7. The molecule has 0 aliphatic heterocycles. The van der Waals surface area contributed by atoms with Crippen LogP contribution in [-0.4, -0.2) is 12.2 Å². The molecule has 0 fully saturated rings. The highest BCUT2D eigenvalue weighted by Gasteiger charge is 2.17. The summed E-state index contributed by atoms with van der Waals surface area (Å²) in [6, 6.07) is 5.98. The number of aliphatic hydroxyl groups excluding tert-OH is 1. The molecule has 0 saturated heterocycles. The van der Waals surface area contributed by atoms with Crippen LogP contribution in [0.1, 0.15) is 44.9 Å². The molecular weight excluding hydrogens is 188 g/mol. The molecule has 1 aromatic rings. The standard InChI is InChI=1S/C13H20O2/c1-9(14)11-8-10(13(2,3)4)6-7-12(11)15-5/h6-9,14H,1-5H3/t9-/m1/s1. The lowest BCUT2D eigenvalue weighted by Gasteiger charge is -2.21. The van der Waals surface area contributed by atoms with Crippen molar-refractivity contribution in [3.8, 4) is 5.75 Å². The minimum absolute atomic E-state index is 0.0932. The molecule has 0 heterocycles. The van der Waals surface area contributed by atoms with Gasteiger partial charge in [-0.1, -0.05) is 26.8 Å². The van der Waals surface area contributed by atoms with E-state index in [-0.39, 0.29) is 5.41 Å². The van der Waals surface area contributed by atoms with Crippen molar-refractivity contribution in [2.75, 3.05) is 7.11 Å². The quantitative estimate of drug-likeness (QED) is 0.809. The molecule has 0 spiro atoms. The maximum Gasteiger partial charge on any atom is 0.124 e. The molecule has 0 radical (unpaired) electrons. The van der Waals surface area contributed by atoms with Gasteiger partial charge in [0, 0.05) is 5.56 Å². The van der Waals surface area contributed by atoms with E-state index in [0.717, 1.165) is 11.3 Å². The van der Waals surface area contributed by atoms with Crippen LogP contribution in [0.4, 0.5) is 0 Å². The van der Waals surface area contributed by atoms with Crippen LogP contribution in [0, 0.1) is 0 Å². The topological polar surface area (TPSA) is 29.5 Å². The van der Waals surface area contributed by atoms with E-state index in [1.54, 1.807) is 14.0 Å². The van der Waals surface area contributed by atoms with E-state index in [4.69, 9.17) is 4.74 Å². The Kier molecular flexibility index (Phi) is 3.40. The summed E-state index contributed by atoms with van der Waals surface area (Å²) in [4.78, 5) is 0. The first kappa shape index (κ1) is 12.1. The lowest BCUT2D eigenvalue weighted by atomic mass is 9.85. The van der Waals surface area contributed by atoms with Gasteiger partial charge in [0.25, 0.3) is 0 Å². The molecule has 0 saturated carbocycles. The van der Waals surface area contributed by atoms with Crippen molar-refractivity contribution in [3.63, 3.8) is 0 Å². The van der Waals surface area contributed by atoms with E-state index >= 15 is 0 Å². The second-order valence-electron chi connectivity index (χ2n) is 4.88. The molecule has 1 aromatic carbocycles. The zero-order valence-electron chi connectivity index (χ0n) is 10.2. The van der Waals surface area contributed by atoms with Crippen LogP contribution in [-0.2, 0) is 5.41 Å². The van der Waals surface area contributed by atoms with Gasteiger partial charge in [0.15, 0.2) is 0 Å². The second kappa shape index (κ2) is 4.23. The Bertz CT molecular complexity index is 335. The van der Waals surface area contributed by atoms with E-state index in [1.807, 2.05) is 18.2 Å². The highest BCUT2D eigenvalue weighted by atomic mass is 16.5. The highest BCUT2D eigenvalue weighted by molar-refractivity contribution is 5.40. The SMILES string of the molecule is COc1ccc(C(C)(C)C)cc1[C@@H](C)O. The first-order valence-corrected chi connectivity index (χ1v) is 5.22. The van der Waals surface area contributed by atoms with Crippen LogP contribution in [0.3, 0.4) is 0 Å². The van der Waals surface area contributed by atoms with Crippen molar-refractivity contribution in [1.29, 1.82) is 0 Å². The lowest BCUT2D eigenvalue weighted by Crippen LogP contribution is -2.12. The molecule has 0 bridgehead atoms. The van der Waals surface area contributed by atoms with Gasteiger partial charge in [0.1, 0.15) is 5.75 Å². The Morgan fingerprint density at radius 1 is 1.27 bits per heavy atom. The minimum atomic E-state index is -0.498. The lowest BCUT2D eigenvalue weighted by molar-refractivity contribution is 0.194. The molecule has 0 aliphatic rings. The average molecular weight is 208 g/mol. The molecular formula is C13H20O2. The summed E-state index contributed by atoms with van der Waals surface area (Å²) in [5, 5.41) is 9.65. The van der Waals surface area contributed by atoms with Gasteiger partial charge in [-0.15, -0.1) is 0 Å². The smallest absolute Gasteiger partial charge is 0.124 e. The third-order valence-corrected chi connectivity index (χ3v) is 2.55. The van der Waals surface area contributed by atoms with Crippen LogP contribution in [0.25, 0.3) is 0 Å². The third-order valence-electron chi connectivity index (χ3n) is 2.55. The van der Waals surface area contributed by atoms with Crippen LogP contribution in [0.5, 0.6) is 5.75 Å². The average Bonchev–Trinajstić information content (AvgIpc) is 2.15. The van der Waals surface area contributed by atoms with Gasteiger partial charge in [0.05, 0.1) is 13.2 Å². The first-order valence-electron chi connectivity index (χ1n) is 5.22. The Morgan fingerprint density at radius 3 is 2.27 bits per heavy atom. The fraction of sp³-hybridized carbons (Fsp3) is 0.538. The van der Waals surface area contributed by atoms with Crippen molar-refractivity contribution in [1.82, 2.24) is 0 Å².